The number of nitrogens with one attached hydrogen (secondary N) is 1. The van der Waals surface area contributed by atoms with Crippen LogP contribution in [-0.4, -0.2) is 48.1 Å². The summed E-state index contributed by atoms with van der Waals surface area (Å²) in [5, 5.41) is 3.14. The van der Waals surface area contributed by atoms with E-state index in [2.05, 4.69) is 46.3 Å². The second-order valence-electron chi connectivity index (χ2n) is 7.35. The fourth-order valence-corrected chi connectivity index (χ4v) is 3.88. The van der Waals surface area contributed by atoms with E-state index in [4.69, 9.17) is 0 Å². The van der Waals surface area contributed by atoms with Crippen LogP contribution in [0.25, 0.3) is 0 Å². The SMILES string of the molecule is Cc1ccc(CNC(=O)N2CCCCC[C@@H]2CN2CCCC2)cc1. The van der Waals surface area contributed by atoms with Crippen LogP contribution in [0.1, 0.15) is 49.7 Å². The summed E-state index contributed by atoms with van der Waals surface area (Å²) in [5.41, 5.74) is 2.42. The molecule has 24 heavy (non-hydrogen) atoms. The Morgan fingerprint density at radius 3 is 2.50 bits per heavy atom. The second-order valence-corrected chi connectivity index (χ2v) is 7.35. The quantitative estimate of drug-likeness (QED) is 0.917. The number of urea groups is 1. The molecule has 4 heteroatoms. The minimum atomic E-state index is 0.113. The summed E-state index contributed by atoms with van der Waals surface area (Å²) in [6.45, 7) is 7.06. The third kappa shape index (κ3) is 4.73. The van der Waals surface area contributed by atoms with Crippen LogP contribution >= 0.6 is 0 Å². The zero-order valence-corrected chi connectivity index (χ0v) is 15.0. The fourth-order valence-electron chi connectivity index (χ4n) is 3.88. The molecule has 1 N–H and O–H groups in total. The van der Waals surface area contributed by atoms with Gasteiger partial charge in [-0.25, -0.2) is 4.79 Å². The van der Waals surface area contributed by atoms with Gasteiger partial charge >= 0.3 is 6.03 Å². The number of carbonyl (C=O) groups excluding carboxylic acids is 1. The molecule has 2 aliphatic heterocycles. The number of hydrogen-bond donors (Lipinski definition) is 1. The van der Waals surface area contributed by atoms with Gasteiger partial charge in [-0.2, -0.15) is 0 Å². The maximum absolute atomic E-state index is 12.8. The van der Waals surface area contributed by atoms with Crippen LogP contribution in [0.4, 0.5) is 4.79 Å². The van der Waals surface area contributed by atoms with Crippen LogP contribution in [0, 0.1) is 6.92 Å². The molecule has 3 rings (SSSR count). The molecule has 2 amide bonds. The third-order valence-electron chi connectivity index (χ3n) is 5.37. The summed E-state index contributed by atoms with van der Waals surface area (Å²) < 4.78 is 0. The normalized spacial score (nSPS) is 22.4. The van der Waals surface area contributed by atoms with Crippen LogP contribution in [0.2, 0.25) is 0 Å². The van der Waals surface area contributed by atoms with Crippen molar-refractivity contribution in [3.05, 3.63) is 35.4 Å². The lowest BCUT2D eigenvalue weighted by Crippen LogP contribution is -2.49. The molecule has 2 fully saturated rings. The second kappa shape index (κ2) is 8.52. The van der Waals surface area contributed by atoms with Crippen molar-refractivity contribution in [1.29, 1.82) is 0 Å². The average molecular weight is 329 g/mol. The molecule has 2 heterocycles. The van der Waals surface area contributed by atoms with E-state index in [9.17, 15) is 4.79 Å². The molecule has 2 aliphatic rings. The zero-order valence-electron chi connectivity index (χ0n) is 15.0. The van der Waals surface area contributed by atoms with Gasteiger partial charge in [-0.3, -0.25) is 0 Å². The first kappa shape index (κ1) is 17.3. The van der Waals surface area contributed by atoms with Gasteiger partial charge in [-0.05, 0) is 51.3 Å². The molecule has 0 bridgehead atoms. The monoisotopic (exact) mass is 329 g/mol. The van der Waals surface area contributed by atoms with Crippen molar-refractivity contribution in [2.45, 2.75) is 58.0 Å². The highest BCUT2D eigenvalue weighted by Crippen LogP contribution is 2.20. The van der Waals surface area contributed by atoms with Gasteiger partial charge in [-0.15, -0.1) is 0 Å². The van der Waals surface area contributed by atoms with Crippen molar-refractivity contribution in [3.63, 3.8) is 0 Å². The molecule has 0 saturated carbocycles. The number of amides is 2. The van der Waals surface area contributed by atoms with Crippen molar-refractivity contribution in [3.8, 4) is 0 Å². The van der Waals surface area contributed by atoms with Gasteiger partial charge in [0.1, 0.15) is 0 Å². The lowest BCUT2D eigenvalue weighted by Gasteiger charge is -2.33. The molecule has 4 nitrogen and oxygen atoms in total. The van der Waals surface area contributed by atoms with Crippen LogP contribution in [-0.2, 0) is 6.54 Å². The van der Waals surface area contributed by atoms with Gasteiger partial charge in [-0.1, -0.05) is 42.7 Å². The van der Waals surface area contributed by atoms with Crippen molar-refractivity contribution in [1.82, 2.24) is 15.1 Å². The molecule has 0 aliphatic carbocycles. The van der Waals surface area contributed by atoms with E-state index in [1.54, 1.807) is 0 Å². The largest absolute Gasteiger partial charge is 0.334 e. The predicted octanol–water partition coefficient (Wildman–Crippen LogP) is 3.55. The van der Waals surface area contributed by atoms with Gasteiger partial charge < -0.3 is 15.1 Å². The molecule has 0 radical (unpaired) electrons. The number of likely N-dealkylation sites (tertiary alicyclic amines) is 2. The summed E-state index contributed by atoms with van der Waals surface area (Å²) in [4.78, 5) is 17.4. The van der Waals surface area contributed by atoms with E-state index < -0.39 is 0 Å². The van der Waals surface area contributed by atoms with E-state index in [0.717, 1.165) is 25.9 Å². The Bertz CT molecular complexity index is 522. The highest BCUT2D eigenvalue weighted by Gasteiger charge is 2.27. The maximum atomic E-state index is 12.8. The zero-order chi connectivity index (χ0) is 16.8. The van der Waals surface area contributed by atoms with Crippen molar-refractivity contribution >= 4 is 6.03 Å². The third-order valence-corrected chi connectivity index (χ3v) is 5.37. The Balaban J connectivity index is 1.57. The summed E-state index contributed by atoms with van der Waals surface area (Å²) >= 11 is 0. The molecule has 1 atom stereocenters. The van der Waals surface area contributed by atoms with Crippen molar-refractivity contribution in [2.24, 2.45) is 0 Å². The molecule has 1 aromatic carbocycles. The molecular weight excluding hydrogens is 298 g/mol. The summed E-state index contributed by atoms with van der Waals surface area (Å²) in [7, 11) is 0. The standard InChI is InChI=1S/C20H31N3O/c1-17-8-10-18(11-9-17)15-21-20(24)23-14-4-2-3-7-19(23)16-22-12-5-6-13-22/h8-11,19H,2-7,12-16H2,1H3,(H,21,24)/t19-/m1/s1. The summed E-state index contributed by atoms with van der Waals surface area (Å²) in [6.07, 6.45) is 7.40. The minimum absolute atomic E-state index is 0.113. The average Bonchev–Trinajstić information content (AvgIpc) is 2.99. The van der Waals surface area contributed by atoms with E-state index in [0.29, 0.717) is 12.6 Å². The first-order chi connectivity index (χ1) is 11.7. The summed E-state index contributed by atoms with van der Waals surface area (Å²) in [5.74, 6) is 0. The Hall–Kier alpha value is -1.55. The molecule has 0 aromatic heterocycles. The Morgan fingerprint density at radius 2 is 1.75 bits per heavy atom. The topological polar surface area (TPSA) is 35.6 Å². The molecular formula is C20H31N3O. The van der Waals surface area contributed by atoms with Gasteiger partial charge in [0.15, 0.2) is 0 Å². The molecule has 132 valence electrons. The number of rotatable bonds is 4. The first-order valence-electron chi connectivity index (χ1n) is 9.55. The van der Waals surface area contributed by atoms with Gasteiger partial charge in [0, 0.05) is 25.7 Å². The number of hydrogen-bond acceptors (Lipinski definition) is 2. The van der Waals surface area contributed by atoms with Gasteiger partial charge in [0.25, 0.3) is 0 Å². The number of carbonyl (C=O) groups is 1. The Labute approximate surface area is 146 Å². The number of nitrogens with zero attached hydrogens (tertiary/aromatic N) is 2. The maximum Gasteiger partial charge on any atom is 0.317 e. The van der Waals surface area contributed by atoms with Gasteiger partial charge in [0.2, 0.25) is 0 Å². The van der Waals surface area contributed by atoms with Crippen LogP contribution in [0.5, 0.6) is 0 Å². The van der Waals surface area contributed by atoms with E-state index in [1.807, 2.05) is 0 Å². The van der Waals surface area contributed by atoms with Crippen LogP contribution < -0.4 is 5.32 Å². The van der Waals surface area contributed by atoms with E-state index in [1.165, 1.54) is 49.9 Å². The lowest BCUT2D eigenvalue weighted by atomic mass is 10.1. The Morgan fingerprint density at radius 1 is 1.04 bits per heavy atom. The van der Waals surface area contributed by atoms with Gasteiger partial charge in [0.05, 0.1) is 0 Å². The van der Waals surface area contributed by atoms with E-state index in [-0.39, 0.29) is 6.03 Å². The molecule has 0 spiro atoms. The minimum Gasteiger partial charge on any atom is -0.334 e. The highest BCUT2D eigenvalue weighted by molar-refractivity contribution is 5.74. The highest BCUT2D eigenvalue weighted by atomic mass is 16.2. The van der Waals surface area contributed by atoms with Crippen molar-refractivity contribution in [2.75, 3.05) is 26.2 Å². The smallest absolute Gasteiger partial charge is 0.317 e. The van der Waals surface area contributed by atoms with Crippen molar-refractivity contribution < 1.29 is 4.79 Å². The molecule has 1 aromatic rings. The first-order valence-corrected chi connectivity index (χ1v) is 9.55. The lowest BCUT2D eigenvalue weighted by molar-refractivity contribution is 0.153. The Kier molecular flexibility index (Phi) is 6.13. The number of benzene rings is 1. The van der Waals surface area contributed by atoms with Crippen LogP contribution in [0.15, 0.2) is 24.3 Å². The van der Waals surface area contributed by atoms with E-state index >= 15 is 0 Å². The molecule has 0 unspecified atom stereocenters. The molecule has 2 saturated heterocycles. The van der Waals surface area contributed by atoms with Crippen LogP contribution in [0.3, 0.4) is 0 Å². The predicted molar refractivity (Wildman–Crippen MR) is 98.1 cm³/mol. The fraction of sp³-hybridized carbons (Fsp3) is 0.650. The summed E-state index contributed by atoms with van der Waals surface area (Å²) in [6, 6.07) is 8.89. The number of aryl methyl sites for hydroxylation is 1.